The minimum atomic E-state index is -0.968. The Balaban J connectivity index is 2.23. The summed E-state index contributed by atoms with van der Waals surface area (Å²) in [6.45, 7) is 18.5. The van der Waals surface area contributed by atoms with Crippen LogP contribution >= 0.6 is 0 Å². The van der Waals surface area contributed by atoms with Crippen molar-refractivity contribution in [2.75, 3.05) is 5.73 Å². The summed E-state index contributed by atoms with van der Waals surface area (Å²) in [5, 5.41) is 2.62. The molecule has 33 heavy (non-hydrogen) atoms. The van der Waals surface area contributed by atoms with Gasteiger partial charge in [0.15, 0.2) is 0 Å². The molecule has 1 fully saturated rings. The lowest BCUT2D eigenvalue weighted by Gasteiger charge is -2.32. The van der Waals surface area contributed by atoms with E-state index in [0.717, 1.165) is 5.46 Å². The number of hydrogen-bond acceptors (Lipinski definition) is 7. The van der Waals surface area contributed by atoms with Crippen molar-refractivity contribution < 1.29 is 28.4 Å². The molecule has 184 valence electrons. The first-order chi connectivity index (χ1) is 14.8. The monoisotopic (exact) mass is 462 g/mol. The highest BCUT2D eigenvalue weighted by molar-refractivity contribution is 6.62. The number of carbonyl (C=O) groups excluding carboxylic acids is 2. The third kappa shape index (κ3) is 7.37. The number of amides is 1. The molecule has 0 aromatic heterocycles. The third-order valence-electron chi connectivity index (χ3n) is 5.50. The summed E-state index contributed by atoms with van der Waals surface area (Å²) in [7, 11) is -0.548. The zero-order valence-electron chi connectivity index (χ0n) is 21.6. The van der Waals surface area contributed by atoms with E-state index in [1.807, 2.05) is 39.8 Å². The van der Waals surface area contributed by atoms with Gasteiger partial charge in [-0.25, -0.2) is 9.59 Å². The number of rotatable bonds is 5. The SMILES string of the molecule is CC(C)(C)OC(=O)NC(Cc1ccc(B2OC(C)(C)C(C)(C)O2)cc1N)C(=O)OC(C)(C)C. The van der Waals surface area contributed by atoms with Crippen molar-refractivity contribution in [3.8, 4) is 0 Å². The molecule has 1 atom stereocenters. The first-order valence-electron chi connectivity index (χ1n) is 11.3. The van der Waals surface area contributed by atoms with Crippen molar-refractivity contribution in [1.82, 2.24) is 5.32 Å². The Morgan fingerprint density at radius 3 is 1.97 bits per heavy atom. The number of nitrogen functional groups attached to an aromatic ring is 1. The Morgan fingerprint density at radius 1 is 1.00 bits per heavy atom. The summed E-state index contributed by atoms with van der Waals surface area (Å²) in [6, 6.07) is 4.47. The molecule has 1 heterocycles. The van der Waals surface area contributed by atoms with Crippen LogP contribution in [0.25, 0.3) is 0 Å². The number of ether oxygens (including phenoxy) is 2. The molecule has 1 aliphatic rings. The van der Waals surface area contributed by atoms with E-state index in [1.165, 1.54) is 0 Å². The van der Waals surface area contributed by atoms with E-state index in [2.05, 4.69) is 5.32 Å². The molecular formula is C24H39BN2O6. The van der Waals surface area contributed by atoms with Crippen LogP contribution in [0.2, 0.25) is 0 Å². The van der Waals surface area contributed by atoms with Gasteiger partial charge in [0.05, 0.1) is 11.2 Å². The molecular weight excluding hydrogens is 423 g/mol. The standard InChI is InChI=1S/C24H39BN2O6/c1-21(2,3)30-19(28)18(27-20(29)31-22(4,5)6)13-15-11-12-16(14-17(15)26)25-32-23(7,8)24(9,10)33-25/h11-12,14,18H,13,26H2,1-10H3,(H,27,29). The predicted molar refractivity (Wildman–Crippen MR) is 129 cm³/mol. The van der Waals surface area contributed by atoms with Crippen LogP contribution in [-0.4, -0.2) is 47.6 Å². The van der Waals surface area contributed by atoms with Gasteiger partial charge in [0, 0.05) is 12.1 Å². The minimum absolute atomic E-state index is 0.142. The first kappa shape index (κ1) is 27.0. The van der Waals surface area contributed by atoms with Gasteiger partial charge in [0.25, 0.3) is 0 Å². The third-order valence-corrected chi connectivity index (χ3v) is 5.50. The Labute approximate surface area is 198 Å². The van der Waals surface area contributed by atoms with Gasteiger partial charge in [-0.15, -0.1) is 0 Å². The van der Waals surface area contributed by atoms with Gasteiger partial charge < -0.3 is 29.8 Å². The molecule has 1 saturated heterocycles. The van der Waals surface area contributed by atoms with Crippen LogP contribution < -0.4 is 16.5 Å². The Kier molecular flexibility index (Phi) is 7.51. The van der Waals surface area contributed by atoms with Crippen LogP contribution in [0.5, 0.6) is 0 Å². The van der Waals surface area contributed by atoms with E-state index in [0.29, 0.717) is 11.3 Å². The zero-order valence-corrected chi connectivity index (χ0v) is 21.6. The maximum absolute atomic E-state index is 12.8. The molecule has 1 amide bonds. The van der Waals surface area contributed by atoms with Crippen molar-refractivity contribution in [1.29, 1.82) is 0 Å². The molecule has 1 aliphatic heterocycles. The van der Waals surface area contributed by atoms with Gasteiger partial charge >= 0.3 is 19.2 Å². The molecule has 0 saturated carbocycles. The van der Waals surface area contributed by atoms with Gasteiger partial charge in [-0.2, -0.15) is 0 Å². The molecule has 1 unspecified atom stereocenters. The van der Waals surface area contributed by atoms with Crippen LogP contribution in [0.3, 0.4) is 0 Å². The van der Waals surface area contributed by atoms with E-state index < -0.39 is 47.6 Å². The molecule has 8 nitrogen and oxygen atoms in total. The molecule has 2 rings (SSSR count). The van der Waals surface area contributed by atoms with Gasteiger partial charge in [-0.3, -0.25) is 0 Å². The highest BCUT2D eigenvalue weighted by atomic mass is 16.7. The first-order valence-corrected chi connectivity index (χ1v) is 11.3. The normalized spacial score (nSPS) is 18.5. The average Bonchev–Trinajstić information content (AvgIpc) is 2.80. The van der Waals surface area contributed by atoms with E-state index in [4.69, 9.17) is 24.5 Å². The minimum Gasteiger partial charge on any atom is -0.458 e. The molecule has 1 aromatic carbocycles. The number of esters is 1. The van der Waals surface area contributed by atoms with Crippen molar-refractivity contribution in [3.05, 3.63) is 23.8 Å². The van der Waals surface area contributed by atoms with Gasteiger partial charge in [-0.05, 0) is 86.3 Å². The van der Waals surface area contributed by atoms with Crippen molar-refractivity contribution in [2.45, 2.75) is 104 Å². The second-order valence-corrected chi connectivity index (χ2v) is 11.5. The quantitative estimate of drug-likeness (QED) is 0.392. The Morgan fingerprint density at radius 2 is 1.52 bits per heavy atom. The highest BCUT2D eigenvalue weighted by Gasteiger charge is 2.51. The molecule has 0 spiro atoms. The van der Waals surface area contributed by atoms with E-state index in [-0.39, 0.29) is 6.42 Å². The van der Waals surface area contributed by atoms with Crippen LogP contribution in [-0.2, 0) is 30.0 Å². The molecule has 9 heteroatoms. The van der Waals surface area contributed by atoms with Crippen molar-refractivity contribution in [3.63, 3.8) is 0 Å². The summed E-state index contributed by atoms with van der Waals surface area (Å²) in [5.41, 5.74) is 5.90. The summed E-state index contributed by atoms with van der Waals surface area (Å²) < 4.78 is 23.0. The smallest absolute Gasteiger partial charge is 0.458 e. The van der Waals surface area contributed by atoms with Crippen LogP contribution in [0.15, 0.2) is 18.2 Å². The number of nitrogens with two attached hydrogens (primary N) is 1. The fraction of sp³-hybridized carbons (Fsp3) is 0.667. The molecule has 0 aliphatic carbocycles. The second-order valence-electron chi connectivity index (χ2n) is 11.5. The van der Waals surface area contributed by atoms with Crippen molar-refractivity contribution >= 4 is 30.3 Å². The van der Waals surface area contributed by atoms with Crippen molar-refractivity contribution in [2.24, 2.45) is 0 Å². The Hall–Kier alpha value is -2.26. The lowest BCUT2D eigenvalue weighted by Crippen LogP contribution is -2.47. The van der Waals surface area contributed by atoms with Gasteiger partial charge in [0.2, 0.25) is 0 Å². The summed E-state index contributed by atoms with van der Waals surface area (Å²) in [5.74, 6) is -0.567. The topological polar surface area (TPSA) is 109 Å². The van der Waals surface area contributed by atoms with Crippen LogP contribution in [0.1, 0.15) is 74.8 Å². The molecule has 0 bridgehead atoms. The van der Waals surface area contributed by atoms with Gasteiger partial charge in [-0.1, -0.05) is 12.1 Å². The zero-order chi connectivity index (χ0) is 25.4. The maximum Gasteiger partial charge on any atom is 0.494 e. The number of alkyl carbamates (subject to hydrolysis) is 1. The molecule has 0 radical (unpaired) electrons. The predicted octanol–water partition coefficient (Wildman–Crippen LogP) is 3.35. The summed E-state index contributed by atoms with van der Waals surface area (Å²) in [4.78, 5) is 25.2. The number of anilines is 1. The number of nitrogens with one attached hydrogen (secondary N) is 1. The fourth-order valence-electron chi connectivity index (χ4n) is 3.16. The van der Waals surface area contributed by atoms with E-state index in [9.17, 15) is 9.59 Å². The number of carbonyl (C=O) groups is 2. The maximum atomic E-state index is 12.8. The fourth-order valence-corrected chi connectivity index (χ4v) is 3.16. The summed E-state index contributed by atoms with van der Waals surface area (Å²) >= 11 is 0. The second kappa shape index (κ2) is 9.18. The molecule has 3 N–H and O–H groups in total. The number of benzene rings is 1. The van der Waals surface area contributed by atoms with E-state index in [1.54, 1.807) is 47.6 Å². The lowest BCUT2D eigenvalue weighted by atomic mass is 9.78. The van der Waals surface area contributed by atoms with Gasteiger partial charge in [0.1, 0.15) is 17.2 Å². The van der Waals surface area contributed by atoms with Crippen LogP contribution in [0.4, 0.5) is 10.5 Å². The van der Waals surface area contributed by atoms with Crippen LogP contribution in [0, 0.1) is 0 Å². The highest BCUT2D eigenvalue weighted by Crippen LogP contribution is 2.36. The lowest BCUT2D eigenvalue weighted by molar-refractivity contribution is -0.157. The summed E-state index contributed by atoms with van der Waals surface area (Å²) in [6.07, 6.45) is -0.560. The largest absolute Gasteiger partial charge is 0.494 e. The number of hydrogen-bond donors (Lipinski definition) is 2. The average molecular weight is 462 g/mol. The molecule has 1 aromatic rings. The van der Waals surface area contributed by atoms with E-state index >= 15 is 0 Å². The Bertz CT molecular complexity index is 870.